The third-order valence-corrected chi connectivity index (χ3v) is 3.50. The average Bonchev–Trinajstić information content (AvgIpc) is 2.52. The fourth-order valence-corrected chi connectivity index (χ4v) is 2.36. The van der Waals surface area contributed by atoms with E-state index in [1.54, 1.807) is 24.3 Å². The molecular weight excluding hydrogens is 311 g/mol. The first-order valence-electron chi connectivity index (χ1n) is 7.63. The van der Waals surface area contributed by atoms with E-state index < -0.39 is 17.0 Å². The lowest BCUT2D eigenvalue weighted by molar-refractivity contribution is 0.271. The van der Waals surface area contributed by atoms with Gasteiger partial charge in [-0.1, -0.05) is 13.8 Å². The van der Waals surface area contributed by atoms with E-state index in [0.717, 1.165) is 17.9 Å². The lowest BCUT2D eigenvalue weighted by Gasteiger charge is -2.09. The van der Waals surface area contributed by atoms with E-state index >= 15 is 0 Å². The number of phenolic OH excluding ortho intramolecular Hbond substituents is 1. The predicted octanol–water partition coefficient (Wildman–Crippen LogP) is 4.34. The molecule has 0 bridgehead atoms. The molecule has 1 heterocycles. The summed E-state index contributed by atoms with van der Waals surface area (Å²) < 4.78 is 24.6. The van der Waals surface area contributed by atoms with Gasteiger partial charge in [-0.15, -0.1) is 0 Å². The van der Waals surface area contributed by atoms with Crippen LogP contribution in [0, 0.1) is 11.7 Å². The maximum atomic E-state index is 13.4. The lowest BCUT2D eigenvalue weighted by Crippen LogP contribution is -2.04. The molecule has 0 spiro atoms. The van der Waals surface area contributed by atoms with E-state index in [1.807, 2.05) is 0 Å². The molecule has 3 rings (SSSR count). The van der Waals surface area contributed by atoms with E-state index in [1.165, 1.54) is 6.07 Å². The van der Waals surface area contributed by atoms with Crippen molar-refractivity contribution in [1.82, 2.24) is 0 Å². The molecule has 4 nitrogen and oxygen atoms in total. The zero-order chi connectivity index (χ0) is 17.3. The van der Waals surface area contributed by atoms with Crippen molar-refractivity contribution in [2.75, 3.05) is 6.61 Å². The predicted molar refractivity (Wildman–Crippen MR) is 89.9 cm³/mol. The van der Waals surface area contributed by atoms with Crippen LogP contribution < -0.4 is 10.2 Å². The summed E-state index contributed by atoms with van der Waals surface area (Å²) in [6, 6.07) is 10.3. The molecule has 0 saturated carbocycles. The first-order valence-corrected chi connectivity index (χ1v) is 7.63. The Hall–Kier alpha value is -2.82. The summed E-state index contributed by atoms with van der Waals surface area (Å²) in [5.41, 5.74) is 0.244. The van der Waals surface area contributed by atoms with Crippen LogP contribution in [0.3, 0.4) is 0 Å². The molecular formula is C19H17FO4. The van der Waals surface area contributed by atoms with Gasteiger partial charge in [0.1, 0.15) is 34.0 Å². The number of hydrogen-bond acceptors (Lipinski definition) is 4. The van der Waals surface area contributed by atoms with Gasteiger partial charge in [0.05, 0.1) is 6.61 Å². The highest BCUT2D eigenvalue weighted by Crippen LogP contribution is 2.28. The molecule has 0 unspecified atom stereocenters. The van der Waals surface area contributed by atoms with E-state index in [4.69, 9.17) is 9.15 Å². The van der Waals surface area contributed by atoms with Crippen LogP contribution >= 0.6 is 0 Å². The average molecular weight is 328 g/mol. The summed E-state index contributed by atoms with van der Waals surface area (Å²) >= 11 is 0. The van der Waals surface area contributed by atoms with Crippen LogP contribution in [0.1, 0.15) is 13.8 Å². The number of benzene rings is 2. The van der Waals surface area contributed by atoms with Crippen molar-refractivity contribution < 1.29 is 18.7 Å². The van der Waals surface area contributed by atoms with Crippen LogP contribution in [0.15, 0.2) is 51.7 Å². The first-order chi connectivity index (χ1) is 11.4. The van der Waals surface area contributed by atoms with Gasteiger partial charge in [0.2, 0.25) is 0 Å². The van der Waals surface area contributed by atoms with Gasteiger partial charge in [0, 0.05) is 23.8 Å². The molecule has 24 heavy (non-hydrogen) atoms. The second-order valence-electron chi connectivity index (χ2n) is 6.00. The number of ether oxygens (including phenoxy) is 1. The molecule has 2 aromatic carbocycles. The van der Waals surface area contributed by atoms with Crippen molar-refractivity contribution in [2.24, 2.45) is 5.92 Å². The van der Waals surface area contributed by atoms with Gasteiger partial charge < -0.3 is 14.3 Å². The number of rotatable bonds is 4. The number of fused-ring (bicyclic) bond motifs is 1. The standard InChI is InChI=1S/C19H17FO4/c1-11(2)10-23-14-5-3-12(4-6-14)17-9-16(22)19-15(21)7-13(20)8-18(19)24-17/h3-9,11,21H,10H2,1-2H3. The minimum Gasteiger partial charge on any atom is -0.507 e. The molecule has 1 N–H and O–H groups in total. The van der Waals surface area contributed by atoms with Crippen LogP contribution in [0.4, 0.5) is 4.39 Å². The lowest BCUT2D eigenvalue weighted by atomic mass is 10.1. The van der Waals surface area contributed by atoms with Crippen LogP contribution in [-0.4, -0.2) is 11.7 Å². The highest BCUT2D eigenvalue weighted by atomic mass is 19.1. The van der Waals surface area contributed by atoms with Gasteiger partial charge in [-0.3, -0.25) is 4.79 Å². The van der Waals surface area contributed by atoms with Crippen LogP contribution in [0.25, 0.3) is 22.3 Å². The SMILES string of the molecule is CC(C)COc1ccc(-c2cc(=O)c3c(O)cc(F)cc3o2)cc1. The summed E-state index contributed by atoms with van der Waals surface area (Å²) in [5.74, 6) is 0.346. The Balaban J connectivity index is 1.99. The summed E-state index contributed by atoms with van der Waals surface area (Å²) in [4.78, 5) is 12.2. The molecule has 3 aromatic rings. The molecule has 0 aliphatic rings. The van der Waals surface area contributed by atoms with Crippen molar-refractivity contribution in [3.63, 3.8) is 0 Å². The molecule has 0 amide bonds. The van der Waals surface area contributed by atoms with E-state index in [9.17, 15) is 14.3 Å². The van der Waals surface area contributed by atoms with Gasteiger partial charge >= 0.3 is 0 Å². The molecule has 0 fully saturated rings. The van der Waals surface area contributed by atoms with Crippen molar-refractivity contribution in [1.29, 1.82) is 0 Å². The van der Waals surface area contributed by atoms with Crippen molar-refractivity contribution >= 4 is 11.0 Å². The summed E-state index contributed by atoms with van der Waals surface area (Å²) in [5, 5.41) is 9.69. The molecule has 0 aliphatic carbocycles. The monoisotopic (exact) mass is 328 g/mol. The second-order valence-corrected chi connectivity index (χ2v) is 6.00. The largest absolute Gasteiger partial charge is 0.507 e. The second kappa shape index (κ2) is 6.35. The Bertz CT molecular complexity index is 926. The summed E-state index contributed by atoms with van der Waals surface area (Å²) in [6.45, 7) is 4.74. The van der Waals surface area contributed by atoms with Crippen molar-refractivity contribution in [3.8, 4) is 22.8 Å². The fourth-order valence-electron chi connectivity index (χ4n) is 2.36. The Morgan fingerprint density at radius 1 is 1.17 bits per heavy atom. The zero-order valence-corrected chi connectivity index (χ0v) is 13.4. The minimum atomic E-state index is -0.669. The highest BCUT2D eigenvalue weighted by Gasteiger charge is 2.12. The van der Waals surface area contributed by atoms with Crippen molar-refractivity contribution in [3.05, 3.63) is 58.5 Å². The summed E-state index contributed by atoms with van der Waals surface area (Å²) in [7, 11) is 0. The van der Waals surface area contributed by atoms with Crippen LogP contribution in [0.5, 0.6) is 11.5 Å². The molecule has 0 atom stereocenters. The summed E-state index contributed by atoms with van der Waals surface area (Å²) in [6.07, 6.45) is 0. The fraction of sp³-hybridized carbons (Fsp3) is 0.211. The third kappa shape index (κ3) is 3.25. The van der Waals surface area contributed by atoms with Crippen molar-refractivity contribution in [2.45, 2.75) is 13.8 Å². The zero-order valence-electron chi connectivity index (χ0n) is 13.4. The quantitative estimate of drug-likeness (QED) is 0.774. The highest BCUT2D eigenvalue weighted by molar-refractivity contribution is 5.84. The Labute approximate surface area is 138 Å². The maximum Gasteiger partial charge on any atom is 0.197 e. The van der Waals surface area contributed by atoms with Gasteiger partial charge in [-0.25, -0.2) is 4.39 Å². The minimum absolute atomic E-state index is 0.00938. The van der Waals surface area contributed by atoms with Gasteiger partial charge in [0.25, 0.3) is 0 Å². The molecule has 0 radical (unpaired) electrons. The van der Waals surface area contributed by atoms with Gasteiger partial charge in [-0.2, -0.15) is 0 Å². The number of halogens is 1. The Morgan fingerprint density at radius 3 is 2.54 bits per heavy atom. The Morgan fingerprint density at radius 2 is 1.88 bits per heavy atom. The number of phenols is 1. The van der Waals surface area contributed by atoms with Crippen LogP contribution in [0.2, 0.25) is 0 Å². The number of hydrogen-bond donors (Lipinski definition) is 1. The molecule has 124 valence electrons. The maximum absolute atomic E-state index is 13.4. The van der Waals surface area contributed by atoms with Crippen LogP contribution in [-0.2, 0) is 0 Å². The van der Waals surface area contributed by atoms with E-state index in [0.29, 0.717) is 23.8 Å². The smallest absolute Gasteiger partial charge is 0.197 e. The molecule has 0 saturated heterocycles. The van der Waals surface area contributed by atoms with Gasteiger partial charge in [-0.05, 0) is 30.2 Å². The molecule has 0 aliphatic heterocycles. The molecule has 1 aromatic heterocycles. The third-order valence-electron chi connectivity index (χ3n) is 3.50. The van der Waals surface area contributed by atoms with E-state index in [2.05, 4.69) is 13.8 Å². The molecule has 5 heteroatoms. The van der Waals surface area contributed by atoms with Gasteiger partial charge in [0.15, 0.2) is 5.43 Å². The normalized spacial score (nSPS) is 11.2. The first kappa shape index (κ1) is 16.1. The number of aromatic hydroxyl groups is 1. The topological polar surface area (TPSA) is 59.7 Å². The van der Waals surface area contributed by atoms with E-state index in [-0.39, 0.29) is 11.0 Å². The Kier molecular flexibility index (Phi) is 4.25.